The van der Waals surface area contributed by atoms with Crippen molar-refractivity contribution in [2.24, 2.45) is 5.41 Å². The van der Waals surface area contributed by atoms with Gasteiger partial charge in [-0.3, -0.25) is 0 Å². The molecule has 4 saturated heterocycles. The summed E-state index contributed by atoms with van der Waals surface area (Å²) in [6.07, 6.45) is 0.671. The summed E-state index contributed by atoms with van der Waals surface area (Å²) in [6, 6.07) is 4.77. The molecule has 256 valence electrons. The number of benzene rings is 2. The highest BCUT2D eigenvalue weighted by molar-refractivity contribution is 7.23. The van der Waals surface area contributed by atoms with E-state index in [4.69, 9.17) is 19.9 Å². The first-order valence-electron chi connectivity index (χ1n) is 16.4. The molecule has 4 aromatic rings. The van der Waals surface area contributed by atoms with Crippen LogP contribution in [0.5, 0.6) is 6.01 Å². The molecular formula is C34H31F5N6O3S. The van der Waals surface area contributed by atoms with Crippen molar-refractivity contribution < 1.29 is 36.2 Å². The minimum atomic E-state index is -5.03. The Labute approximate surface area is 281 Å². The van der Waals surface area contributed by atoms with Crippen molar-refractivity contribution in [1.29, 1.82) is 5.26 Å². The van der Waals surface area contributed by atoms with Crippen molar-refractivity contribution in [2.45, 2.75) is 68.5 Å². The molecular weight excluding hydrogens is 667 g/mol. The number of fused-ring (bicyclic) bond motifs is 5. The molecule has 4 aliphatic heterocycles. The van der Waals surface area contributed by atoms with Gasteiger partial charge in [-0.25, -0.2) is 8.78 Å². The van der Waals surface area contributed by atoms with Crippen LogP contribution in [0.2, 0.25) is 0 Å². The molecule has 2 aliphatic carbocycles. The molecule has 3 N–H and O–H groups in total. The van der Waals surface area contributed by atoms with Gasteiger partial charge in [0, 0.05) is 46.9 Å². The molecule has 2 unspecified atom stereocenters. The fourth-order valence-corrected chi connectivity index (χ4v) is 9.25. The van der Waals surface area contributed by atoms with Crippen molar-refractivity contribution in [1.82, 2.24) is 15.3 Å². The van der Waals surface area contributed by atoms with Crippen LogP contribution < -0.4 is 20.7 Å². The normalized spacial score (nSPS) is 27.6. The third-order valence-electron chi connectivity index (χ3n) is 10.6. The number of nitrogens with zero attached hydrogens (tertiary/aromatic N) is 4. The Morgan fingerprint density at radius 3 is 2.55 bits per heavy atom. The molecule has 6 heterocycles. The fraction of sp³-hybridized carbons (Fsp3) is 0.500. The van der Waals surface area contributed by atoms with Crippen LogP contribution in [0.15, 0.2) is 18.2 Å². The number of nitriles is 1. The maximum absolute atomic E-state index is 17.0. The minimum absolute atomic E-state index is 0.0818. The van der Waals surface area contributed by atoms with Crippen LogP contribution in [-0.4, -0.2) is 66.7 Å². The zero-order chi connectivity index (χ0) is 33.9. The van der Waals surface area contributed by atoms with E-state index in [1.807, 2.05) is 11.0 Å². The molecule has 0 radical (unpaired) electrons. The van der Waals surface area contributed by atoms with Gasteiger partial charge >= 0.3 is 12.2 Å². The molecule has 9 nitrogen and oxygen atoms in total. The summed E-state index contributed by atoms with van der Waals surface area (Å²) in [5.41, 5.74) is 2.29. The summed E-state index contributed by atoms with van der Waals surface area (Å²) < 4.78 is 94.8. The van der Waals surface area contributed by atoms with E-state index in [0.717, 1.165) is 68.1 Å². The monoisotopic (exact) mass is 698 g/mol. The molecule has 2 aromatic carbocycles. The molecule has 2 saturated carbocycles. The molecule has 0 amide bonds. The molecule has 2 atom stereocenters. The Morgan fingerprint density at radius 2 is 1.86 bits per heavy atom. The fourth-order valence-electron chi connectivity index (χ4n) is 8.30. The molecule has 2 aromatic heterocycles. The van der Waals surface area contributed by atoms with Crippen molar-refractivity contribution in [2.75, 3.05) is 43.5 Å². The van der Waals surface area contributed by atoms with Gasteiger partial charge in [0.25, 0.3) is 0 Å². The average molecular weight is 699 g/mol. The summed E-state index contributed by atoms with van der Waals surface area (Å²) in [6.45, 7) is 2.10. The number of alkyl halides is 3. The lowest BCUT2D eigenvalue weighted by Gasteiger charge is -2.43. The highest BCUT2D eigenvalue weighted by Gasteiger charge is 2.63. The molecule has 10 rings (SSSR count). The third-order valence-corrected chi connectivity index (χ3v) is 11.6. The number of aromatic nitrogens is 2. The molecule has 49 heavy (non-hydrogen) atoms. The highest BCUT2D eigenvalue weighted by atomic mass is 32.1. The first-order valence-corrected chi connectivity index (χ1v) is 17.2. The Hall–Kier alpha value is -3.84. The maximum Gasteiger partial charge on any atom is 0.417 e. The maximum atomic E-state index is 17.0. The second-order valence-corrected chi connectivity index (χ2v) is 15.3. The largest absolute Gasteiger partial charge is 0.463 e. The molecule has 4 bridgehead atoms. The van der Waals surface area contributed by atoms with Crippen molar-refractivity contribution in [3.63, 3.8) is 0 Å². The van der Waals surface area contributed by atoms with Gasteiger partial charge < -0.3 is 30.2 Å². The summed E-state index contributed by atoms with van der Waals surface area (Å²) in [5, 5.41) is 12.9. The number of hydrogen-bond donors (Lipinski definition) is 2. The number of nitrogens with one attached hydrogen (secondary N) is 1. The molecule has 6 aliphatic rings. The van der Waals surface area contributed by atoms with Crippen molar-refractivity contribution >= 4 is 43.1 Å². The minimum Gasteiger partial charge on any atom is -0.463 e. The SMILES string of the molecule is N#Cc1c(N)sc2c(F)ccc(-c3c(C(F)(F)F)cc4c(N5CC6CCC(C5)N6)nc(OCC56COC(COC7CC7)(C5)C6)nc4c3F)c12. The van der Waals surface area contributed by atoms with E-state index < -0.39 is 28.9 Å². The Morgan fingerprint density at radius 1 is 1.10 bits per heavy atom. The van der Waals surface area contributed by atoms with Crippen molar-refractivity contribution in [3.05, 3.63) is 41.0 Å². The standard InChI is InChI=1S/C34H31F5N6O3S/c35-23-6-5-19(24-21(8-40)29(41)49-28(23)24)25-22(34(37,38)39)7-20-27(26(25)36)43-31(44-30(20)45-9-16-1-2-17(10-45)42-16)47-13-32-11-33(12-32,48-14-32)15-46-18-3-4-18/h5-7,16-18,42H,1-4,9-15,41H2. The number of nitrogen functional groups attached to an aromatic ring is 1. The lowest BCUT2D eigenvalue weighted by Crippen LogP contribution is -2.51. The number of hydrogen-bond acceptors (Lipinski definition) is 10. The first kappa shape index (κ1) is 31.2. The van der Waals surface area contributed by atoms with Gasteiger partial charge in [-0.1, -0.05) is 6.07 Å². The van der Waals surface area contributed by atoms with Crippen LogP contribution in [0, 0.1) is 28.4 Å². The van der Waals surface area contributed by atoms with E-state index in [9.17, 15) is 22.8 Å². The van der Waals surface area contributed by atoms with Gasteiger partial charge in [0.05, 0.1) is 47.4 Å². The lowest BCUT2D eigenvalue weighted by atomic mass is 9.63. The van der Waals surface area contributed by atoms with Gasteiger partial charge in [-0.15, -0.1) is 11.3 Å². The van der Waals surface area contributed by atoms with Crippen molar-refractivity contribution in [3.8, 4) is 23.2 Å². The second kappa shape index (κ2) is 10.8. The Bertz CT molecular complexity index is 2060. The van der Waals surface area contributed by atoms with Gasteiger partial charge in [0.1, 0.15) is 28.2 Å². The lowest BCUT2D eigenvalue weighted by molar-refractivity contribution is -0.137. The Balaban J connectivity index is 1.17. The number of halogens is 5. The number of nitrogens with two attached hydrogens (primary N) is 1. The smallest absolute Gasteiger partial charge is 0.417 e. The summed E-state index contributed by atoms with van der Waals surface area (Å²) in [5.74, 6) is -1.91. The van der Waals surface area contributed by atoms with Crippen LogP contribution >= 0.6 is 11.3 Å². The average Bonchev–Trinajstić information content (AvgIpc) is 3.40. The predicted octanol–water partition coefficient (Wildman–Crippen LogP) is 6.31. The van der Waals surface area contributed by atoms with E-state index in [2.05, 4.69) is 15.3 Å². The van der Waals surface area contributed by atoms with E-state index in [1.165, 1.54) is 0 Å². The van der Waals surface area contributed by atoms with Crippen LogP contribution in [-0.2, 0) is 15.7 Å². The predicted molar refractivity (Wildman–Crippen MR) is 171 cm³/mol. The van der Waals surface area contributed by atoms with Gasteiger partial charge in [0.15, 0.2) is 5.82 Å². The number of piperazine rings is 1. The molecule has 0 spiro atoms. The van der Waals surface area contributed by atoms with Crippen LogP contribution in [0.1, 0.15) is 49.7 Å². The Kier molecular flexibility index (Phi) is 6.89. The highest BCUT2D eigenvalue weighted by Crippen LogP contribution is 2.58. The van der Waals surface area contributed by atoms with Crippen LogP contribution in [0.4, 0.5) is 32.8 Å². The topological polar surface area (TPSA) is 119 Å². The third kappa shape index (κ3) is 5.09. The quantitative estimate of drug-likeness (QED) is 0.204. The van der Waals surface area contributed by atoms with E-state index in [1.54, 1.807) is 0 Å². The molecule has 6 fully saturated rings. The van der Waals surface area contributed by atoms with E-state index >= 15 is 4.39 Å². The van der Waals surface area contributed by atoms with Crippen LogP contribution in [0.3, 0.4) is 0 Å². The zero-order valence-corrected chi connectivity index (χ0v) is 26.9. The van der Waals surface area contributed by atoms with Gasteiger partial charge in [-0.2, -0.15) is 28.4 Å². The number of anilines is 2. The van der Waals surface area contributed by atoms with E-state index in [-0.39, 0.29) is 78.7 Å². The van der Waals surface area contributed by atoms with Gasteiger partial charge in [-0.05, 0) is 56.2 Å². The summed E-state index contributed by atoms with van der Waals surface area (Å²) >= 11 is 0.721. The zero-order valence-electron chi connectivity index (χ0n) is 26.1. The second-order valence-electron chi connectivity index (χ2n) is 14.3. The molecule has 15 heteroatoms. The van der Waals surface area contributed by atoms with Gasteiger partial charge in [0.2, 0.25) is 0 Å². The van der Waals surface area contributed by atoms with E-state index in [0.29, 0.717) is 32.4 Å². The first-order chi connectivity index (χ1) is 23.4. The number of thiophene rings is 1. The summed E-state index contributed by atoms with van der Waals surface area (Å²) in [7, 11) is 0. The van der Waals surface area contributed by atoms with Crippen LogP contribution in [0.25, 0.3) is 32.1 Å². The summed E-state index contributed by atoms with van der Waals surface area (Å²) in [4.78, 5) is 10.9. The number of ether oxygens (including phenoxy) is 3. The number of rotatable bonds is 8.